The highest BCUT2D eigenvalue weighted by Crippen LogP contribution is 1.92. The molecule has 2 heteroatoms. The molecule has 1 amide bonds. The fourth-order valence-corrected chi connectivity index (χ4v) is 0.918. The highest BCUT2D eigenvalue weighted by atomic mass is 16.1. The fourth-order valence-electron chi connectivity index (χ4n) is 0.918. The first-order valence-corrected chi connectivity index (χ1v) is 4.58. The van der Waals surface area contributed by atoms with Crippen molar-refractivity contribution in [1.29, 1.82) is 0 Å². The minimum atomic E-state index is 0. The summed E-state index contributed by atoms with van der Waals surface area (Å²) in [4.78, 5) is 10.9. The lowest BCUT2D eigenvalue weighted by molar-refractivity contribution is -0.121. The van der Waals surface area contributed by atoms with Gasteiger partial charge >= 0.3 is 0 Å². The molecule has 0 unspecified atom stereocenters. The number of hydrogen-bond acceptors (Lipinski definition) is 1. The molecule has 0 fully saturated rings. The van der Waals surface area contributed by atoms with Gasteiger partial charge in [-0.2, -0.15) is 0 Å². The summed E-state index contributed by atoms with van der Waals surface area (Å²) in [7, 11) is 0. The molecule has 68 valence electrons. The van der Waals surface area contributed by atoms with Crippen LogP contribution in [0, 0.1) is 0 Å². The third kappa shape index (κ3) is 7.37. The van der Waals surface area contributed by atoms with Crippen molar-refractivity contribution in [1.82, 2.24) is 5.32 Å². The van der Waals surface area contributed by atoms with Crippen molar-refractivity contribution in [3.05, 3.63) is 0 Å². The molecule has 0 aliphatic carbocycles. The molecule has 0 aromatic carbocycles. The van der Waals surface area contributed by atoms with Crippen LogP contribution in [0.25, 0.3) is 0 Å². The van der Waals surface area contributed by atoms with Crippen molar-refractivity contribution in [2.75, 3.05) is 6.54 Å². The molecule has 11 heavy (non-hydrogen) atoms. The summed E-state index contributed by atoms with van der Waals surface area (Å²) < 4.78 is 0. The van der Waals surface area contributed by atoms with Crippen molar-refractivity contribution in [3.8, 4) is 0 Å². The van der Waals surface area contributed by atoms with Crippen molar-refractivity contribution >= 4 is 5.91 Å². The van der Waals surface area contributed by atoms with E-state index in [0.717, 1.165) is 19.4 Å². The predicted octanol–water partition coefficient (Wildman–Crippen LogP) is 2.34. The summed E-state index contributed by atoms with van der Waals surface area (Å²) in [6.07, 6.45) is 5.16. The van der Waals surface area contributed by atoms with Gasteiger partial charge < -0.3 is 5.32 Å². The summed E-state index contributed by atoms with van der Waals surface area (Å²) >= 11 is 0. The van der Waals surface area contributed by atoms with Gasteiger partial charge in [0.1, 0.15) is 0 Å². The van der Waals surface area contributed by atoms with E-state index in [0.29, 0.717) is 6.42 Å². The van der Waals surface area contributed by atoms with Gasteiger partial charge in [-0.05, 0) is 12.8 Å². The first-order valence-electron chi connectivity index (χ1n) is 4.58. The summed E-state index contributed by atoms with van der Waals surface area (Å²) in [5.41, 5.74) is 0. The first kappa shape index (κ1) is 10.5. The minimum Gasteiger partial charge on any atom is -0.356 e. The Morgan fingerprint density at radius 3 is 2.55 bits per heavy atom. The van der Waals surface area contributed by atoms with Gasteiger partial charge in [0.15, 0.2) is 0 Å². The first-order chi connectivity index (χ1) is 5.31. The van der Waals surface area contributed by atoms with Gasteiger partial charge in [0, 0.05) is 14.4 Å². The Morgan fingerprint density at radius 2 is 2.00 bits per heavy atom. The van der Waals surface area contributed by atoms with Gasteiger partial charge in [0.2, 0.25) is 5.91 Å². The second-order valence-electron chi connectivity index (χ2n) is 2.81. The molecule has 0 aliphatic heterocycles. The van der Waals surface area contributed by atoms with Crippen LogP contribution in [-0.4, -0.2) is 12.5 Å². The SMILES string of the molecule is CCCCCNC(=O)CCC.[HH]. The standard InChI is InChI=1S/C9H19NO.H2/c1-3-5-6-8-10-9(11)7-4-2;/h3-8H2,1-2H3,(H,10,11);1H. The van der Waals surface area contributed by atoms with Crippen LogP contribution in [0.1, 0.15) is 47.4 Å². The molecular formula is C9H21NO. The zero-order valence-corrected chi connectivity index (χ0v) is 7.65. The van der Waals surface area contributed by atoms with Crippen LogP contribution in [0.4, 0.5) is 0 Å². The van der Waals surface area contributed by atoms with E-state index in [1.165, 1.54) is 12.8 Å². The van der Waals surface area contributed by atoms with Crippen LogP contribution in [0.3, 0.4) is 0 Å². The summed E-state index contributed by atoms with van der Waals surface area (Å²) in [5.74, 6) is 0.198. The molecule has 0 radical (unpaired) electrons. The van der Waals surface area contributed by atoms with Gasteiger partial charge in [0.05, 0.1) is 0 Å². The molecule has 0 rings (SSSR count). The van der Waals surface area contributed by atoms with E-state index in [9.17, 15) is 4.79 Å². The summed E-state index contributed by atoms with van der Waals surface area (Å²) in [6.45, 7) is 5.03. The summed E-state index contributed by atoms with van der Waals surface area (Å²) in [5, 5.41) is 2.88. The van der Waals surface area contributed by atoms with E-state index in [2.05, 4.69) is 12.2 Å². The maximum Gasteiger partial charge on any atom is 0.219 e. The van der Waals surface area contributed by atoms with Crippen LogP contribution in [0.15, 0.2) is 0 Å². The maximum absolute atomic E-state index is 10.9. The van der Waals surface area contributed by atoms with Crippen molar-refractivity contribution in [3.63, 3.8) is 0 Å². The Balaban J connectivity index is 0. The molecule has 0 heterocycles. The lowest BCUT2D eigenvalue weighted by Crippen LogP contribution is -2.23. The molecule has 2 nitrogen and oxygen atoms in total. The quantitative estimate of drug-likeness (QED) is 0.592. The zero-order valence-electron chi connectivity index (χ0n) is 7.65. The number of rotatable bonds is 6. The highest BCUT2D eigenvalue weighted by Gasteiger charge is 1.95. The third-order valence-electron chi connectivity index (χ3n) is 1.58. The third-order valence-corrected chi connectivity index (χ3v) is 1.58. The lowest BCUT2D eigenvalue weighted by Gasteiger charge is -2.02. The smallest absolute Gasteiger partial charge is 0.219 e. The molecule has 0 aromatic rings. The van der Waals surface area contributed by atoms with E-state index in [1.54, 1.807) is 0 Å². The van der Waals surface area contributed by atoms with Crippen LogP contribution in [-0.2, 0) is 4.79 Å². The second-order valence-corrected chi connectivity index (χ2v) is 2.81. The average molecular weight is 159 g/mol. The normalized spacial score (nSPS) is 9.64. The maximum atomic E-state index is 10.9. The Hall–Kier alpha value is -0.530. The number of hydrogen-bond donors (Lipinski definition) is 1. The molecular weight excluding hydrogens is 138 g/mol. The van der Waals surface area contributed by atoms with E-state index in [4.69, 9.17) is 0 Å². The Morgan fingerprint density at radius 1 is 1.27 bits per heavy atom. The zero-order chi connectivity index (χ0) is 8.53. The van der Waals surface area contributed by atoms with Gasteiger partial charge in [-0.3, -0.25) is 4.79 Å². The molecule has 0 saturated carbocycles. The number of carbonyl (C=O) groups is 1. The minimum absolute atomic E-state index is 0. The monoisotopic (exact) mass is 159 g/mol. The Kier molecular flexibility index (Phi) is 7.21. The van der Waals surface area contributed by atoms with Gasteiger partial charge in [0.25, 0.3) is 0 Å². The van der Waals surface area contributed by atoms with E-state index in [-0.39, 0.29) is 7.33 Å². The number of carbonyl (C=O) groups excluding carboxylic acids is 1. The number of amides is 1. The van der Waals surface area contributed by atoms with Crippen LogP contribution in [0.5, 0.6) is 0 Å². The lowest BCUT2D eigenvalue weighted by atomic mass is 10.2. The average Bonchev–Trinajstić information content (AvgIpc) is 1.99. The highest BCUT2D eigenvalue weighted by molar-refractivity contribution is 5.75. The van der Waals surface area contributed by atoms with Gasteiger partial charge in [-0.25, -0.2) is 0 Å². The molecule has 0 saturated heterocycles. The van der Waals surface area contributed by atoms with Crippen molar-refractivity contribution < 1.29 is 6.22 Å². The van der Waals surface area contributed by atoms with Gasteiger partial charge in [-0.15, -0.1) is 0 Å². The van der Waals surface area contributed by atoms with E-state index < -0.39 is 0 Å². The van der Waals surface area contributed by atoms with Gasteiger partial charge in [-0.1, -0.05) is 26.7 Å². The summed E-state index contributed by atoms with van der Waals surface area (Å²) in [6, 6.07) is 0. The van der Waals surface area contributed by atoms with Crippen molar-refractivity contribution in [2.45, 2.75) is 46.0 Å². The van der Waals surface area contributed by atoms with E-state index >= 15 is 0 Å². The topological polar surface area (TPSA) is 29.1 Å². The van der Waals surface area contributed by atoms with Crippen LogP contribution < -0.4 is 5.32 Å². The van der Waals surface area contributed by atoms with Crippen LogP contribution in [0.2, 0.25) is 0 Å². The molecule has 0 atom stereocenters. The molecule has 0 bridgehead atoms. The van der Waals surface area contributed by atoms with E-state index in [1.807, 2.05) is 6.92 Å². The molecule has 0 spiro atoms. The molecule has 0 aromatic heterocycles. The molecule has 0 aliphatic rings. The Labute approximate surface area is 70.9 Å². The number of unbranched alkanes of at least 4 members (excludes halogenated alkanes) is 2. The second kappa shape index (κ2) is 7.58. The predicted molar refractivity (Wildman–Crippen MR) is 49.6 cm³/mol. The Bertz CT molecular complexity index is 107. The molecule has 1 N–H and O–H groups in total. The van der Waals surface area contributed by atoms with Crippen LogP contribution >= 0.6 is 0 Å². The largest absolute Gasteiger partial charge is 0.356 e. The van der Waals surface area contributed by atoms with Crippen molar-refractivity contribution in [2.24, 2.45) is 0 Å². The fraction of sp³-hybridized carbons (Fsp3) is 0.889. The number of nitrogens with one attached hydrogen (secondary N) is 1.